The normalized spacial score (nSPS) is 17.9. The molecule has 57 heavy (non-hydrogen) atoms. The molecule has 1 fully saturated rings. The third kappa shape index (κ3) is 11.9. The van der Waals surface area contributed by atoms with E-state index in [4.69, 9.17) is 14.6 Å². The number of fused-ring (bicyclic) bond motifs is 1. The van der Waals surface area contributed by atoms with Crippen LogP contribution in [0.5, 0.6) is 0 Å². The molecular weight excluding hydrogens is 773 g/mol. The second-order valence-electron chi connectivity index (χ2n) is 13.1. The summed E-state index contributed by atoms with van der Waals surface area (Å²) in [6.45, 7) is 5.88. The van der Waals surface area contributed by atoms with Crippen LogP contribution in [0.15, 0.2) is 46.1 Å². The number of carboxylic acids is 2. The lowest BCUT2D eigenvalue weighted by Crippen LogP contribution is -2.40. The van der Waals surface area contributed by atoms with E-state index < -0.39 is 71.8 Å². The van der Waals surface area contributed by atoms with E-state index in [9.17, 15) is 48.5 Å². The number of aromatic amines is 1. The molecule has 7 N–H and O–H groups in total. The molecule has 0 spiro atoms. The van der Waals surface area contributed by atoms with Crippen LogP contribution in [0.1, 0.15) is 73.2 Å². The quantitative estimate of drug-likeness (QED) is 0.0850. The van der Waals surface area contributed by atoms with Gasteiger partial charge in [-0.15, -0.1) is 11.3 Å². The first kappa shape index (κ1) is 44.0. The molecule has 0 aliphatic carbocycles. The number of benzene rings is 1. The number of aliphatic hydroxyl groups is 2. The summed E-state index contributed by atoms with van der Waals surface area (Å²) in [6.07, 6.45) is -2.82. The Labute approximate surface area is 328 Å². The van der Waals surface area contributed by atoms with Crippen LogP contribution in [0.4, 0.5) is 20.0 Å². The van der Waals surface area contributed by atoms with Gasteiger partial charge in [0.15, 0.2) is 17.9 Å². The predicted molar refractivity (Wildman–Crippen MR) is 204 cm³/mol. The van der Waals surface area contributed by atoms with Crippen LogP contribution in [-0.4, -0.2) is 102 Å². The van der Waals surface area contributed by atoms with Crippen LogP contribution in [0, 0.1) is 12.7 Å². The number of hydrogen-bond donors (Lipinski definition) is 7. The highest BCUT2D eigenvalue weighted by atomic mass is 32.1. The maximum absolute atomic E-state index is 14.1. The zero-order valence-corrected chi connectivity index (χ0v) is 32.2. The number of aliphatic carboxylic acids is 2. The molecule has 5 rings (SSSR count). The summed E-state index contributed by atoms with van der Waals surface area (Å²) in [4.78, 5) is 82.8. The number of nitrogens with one attached hydrogen (secondary N) is 3. The van der Waals surface area contributed by atoms with Crippen LogP contribution in [0.2, 0.25) is 0 Å². The first-order valence-corrected chi connectivity index (χ1v) is 18.6. The highest BCUT2D eigenvalue weighted by molar-refractivity contribution is 7.18. The van der Waals surface area contributed by atoms with Gasteiger partial charge in [-0.05, 0) is 56.5 Å². The molecule has 2 amide bonds. The lowest BCUT2D eigenvalue weighted by Gasteiger charge is -2.17. The van der Waals surface area contributed by atoms with Crippen LogP contribution < -0.4 is 26.8 Å². The van der Waals surface area contributed by atoms with Gasteiger partial charge in [0.2, 0.25) is 0 Å². The lowest BCUT2D eigenvalue weighted by atomic mass is 10.1. The van der Waals surface area contributed by atoms with Crippen molar-refractivity contribution >= 4 is 57.0 Å². The van der Waals surface area contributed by atoms with E-state index in [1.54, 1.807) is 31.2 Å². The minimum Gasteiger partial charge on any atom is -0.481 e. The van der Waals surface area contributed by atoms with Gasteiger partial charge in [0.05, 0.1) is 39.7 Å². The van der Waals surface area contributed by atoms with Gasteiger partial charge < -0.3 is 45.1 Å². The molecule has 0 unspecified atom stereocenters. The first-order chi connectivity index (χ1) is 27.0. The zero-order valence-electron chi connectivity index (χ0n) is 31.4. The molecule has 1 saturated heterocycles. The third-order valence-electron chi connectivity index (χ3n) is 8.61. The number of anilines is 2. The zero-order chi connectivity index (χ0) is 42.0. The molecule has 21 heteroatoms. The first-order valence-electron chi connectivity index (χ1n) is 17.8. The van der Waals surface area contributed by atoms with Gasteiger partial charge in [0.1, 0.15) is 24.1 Å². The molecule has 0 radical (unpaired) electrons. The molecular formula is C36H44FN7O12S. The molecule has 1 aromatic carbocycles. The van der Waals surface area contributed by atoms with Gasteiger partial charge in [-0.3, -0.25) is 24.3 Å². The van der Waals surface area contributed by atoms with Crippen molar-refractivity contribution in [2.45, 2.75) is 90.0 Å². The number of carboxylic acid groups (broad SMARTS) is 2. The molecule has 0 bridgehead atoms. The smallest absolute Gasteiger partial charge is 0.412 e. The number of unbranched alkanes of at least 4 members (excludes halogenated alkanes) is 2. The Bertz CT molecular complexity index is 2190. The number of halogens is 1. The lowest BCUT2D eigenvalue weighted by molar-refractivity contribution is -0.140. The molecule has 4 aromatic rings. The Morgan fingerprint density at radius 1 is 1.11 bits per heavy atom. The number of rotatable bonds is 15. The second kappa shape index (κ2) is 19.9. The maximum atomic E-state index is 14.1. The van der Waals surface area contributed by atoms with Crippen molar-refractivity contribution in [3.05, 3.63) is 79.4 Å². The molecule has 308 valence electrons. The van der Waals surface area contributed by atoms with Gasteiger partial charge in [-0.1, -0.05) is 25.8 Å². The van der Waals surface area contributed by atoms with Gasteiger partial charge in [-0.25, -0.2) is 23.8 Å². The molecule has 5 atom stereocenters. The van der Waals surface area contributed by atoms with E-state index in [0.717, 1.165) is 34.2 Å². The number of thiophene rings is 1. The molecule has 0 saturated carbocycles. The number of carbonyl (C=O) groups excluding carboxylic acids is 2. The van der Waals surface area contributed by atoms with E-state index in [2.05, 4.69) is 25.6 Å². The Balaban J connectivity index is 0.000000261. The van der Waals surface area contributed by atoms with Crippen molar-refractivity contribution in [2.24, 2.45) is 0 Å². The second-order valence-corrected chi connectivity index (χ2v) is 14.2. The van der Waals surface area contributed by atoms with E-state index in [-0.39, 0.29) is 25.0 Å². The van der Waals surface area contributed by atoms with Crippen molar-refractivity contribution in [1.82, 2.24) is 24.8 Å². The number of aryl methyl sites for hydroxylation is 1. The van der Waals surface area contributed by atoms with E-state index in [0.29, 0.717) is 34.6 Å². The highest BCUT2D eigenvalue weighted by Gasteiger charge is 2.42. The molecule has 19 nitrogen and oxygen atoms in total. The monoisotopic (exact) mass is 817 g/mol. The third-order valence-corrected chi connectivity index (χ3v) is 9.81. The Hall–Kier alpha value is -5.77. The average Bonchev–Trinajstić information content (AvgIpc) is 3.75. The minimum absolute atomic E-state index is 0.177. The summed E-state index contributed by atoms with van der Waals surface area (Å²) in [6, 6.07) is 7.49. The average molecular weight is 818 g/mol. The van der Waals surface area contributed by atoms with Crippen LogP contribution in [0.3, 0.4) is 0 Å². The SMILES string of the molecule is CCCCCOC(=O)Nc1nc(=O)n([C@@H]2O[C@H](C)[C@@H](O)[C@H]2O)cc1F.Cc1nc2ccc(CN(C)c3ccc(C(=O)N[C@@H](CCC(=O)O)C(=O)O)s3)cc2c(=O)[nH]1. The van der Waals surface area contributed by atoms with Gasteiger partial charge in [-0.2, -0.15) is 4.98 Å². The van der Waals surface area contributed by atoms with Crippen molar-refractivity contribution in [2.75, 3.05) is 23.9 Å². The summed E-state index contributed by atoms with van der Waals surface area (Å²) in [5.41, 5.74) is 0.342. The molecule has 1 aliphatic rings. The van der Waals surface area contributed by atoms with E-state index in [1.165, 1.54) is 18.3 Å². The fourth-order valence-corrected chi connectivity index (χ4v) is 6.45. The fraction of sp³-hybridized carbons (Fsp3) is 0.444. The van der Waals surface area contributed by atoms with Gasteiger partial charge >= 0.3 is 23.7 Å². The standard InChI is InChI=1S/C21H22N4O6S.C15H22FN3O6/c1-11-22-14-4-3-12(9-13(14)19(28)23-11)10-25(2)17-7-6-16(32-17)20(29)24-15(21(30)31)5-8-18(26)27;1-3-4-5-6-24-15(23)18-12-9(16)7-19(14(22)17-12)13-11(21)10(20)8(2)25-13/h3-4,6-7,9,15H,5,8,10H2,1-2H3,(H,24,29)(H,26,27)(H,30,31)(H,22,23,28);7-8,10-11,13,20-21H,3-6H2,1-2H3,(H,17,18,22,23)/t15-;8-,10-,11-,13-/m01/s1. The number of nitrogens with zero attached hydrogens (tertiary/aromatic N) is 4. The number of carbonyl (C=O) groups is 4. The predicted octanol–water partition coefficient (Wildman–Crippen LogP) is 2.74. The van der Waals surface area contributed by atoms with Crippen molar-refractivity contribution in [1.29, 1.82) is 0 Å². The number of aromatic nitrogens is 4. The number of hydrogen-bond acceptors (Lipinski definition) is 14. The Kier molecular flexibility index (Phi) is 15.3. The van der Waals surface area contributed by atoms with Crippen LogP contribution in [-0.2, 0) is 25.6 Å². The van der Waals surface area contributed by atoms with Gasteiger partial charge in [0, 0.05) is 20.0 Å². The summed E-state index contributed by atoms with van der Waals surface area (Å²) >= 11 is 1.18. The topological polar surface area (TPSA) is 276 Å². The summed E-state index contributed by atoms with van der Waals surface area (Å²) in [5, 5.41) is 43.2. The van der Waals surface area contributed by atoms with Gasteiger partial charge in [0.25, 0.3) is 11.5 Å². The summed E-state index contributed by atoms with van der Waals surface area (Å²) in [7, 11) is 1.84. The largest absolute Gasteiger partial charge is 0.481 e. The van der Waals surface area contributed by atoms with E-state index >= 15 is 0 Å². The van der Waals surface area contributed by atoms with Crippen molar-refractivity contribution in [3.8, 4) is 0 Å². The minimum atomic E-state index is -1.41. The molecule has 4 heterocycles. The maximum Gasteiger partial charge on any atom is 0.412 e. The number of aliphatic hydroxyl groups excluding tert-OH is 2. The van der Waals surface area contributed by atoms with Crippen LogP contribution in [0.25, 0.3) is 10.9 Å². The fourth-order valence-electron chi connectivity index (χ4n) is 5.58. The molecule has 1 aliphatic heterocycles. The highest BCUT2D eigenvalue weighted by Crippen LogP contribution is 2.29. The van der Waals surface area contributed by atoms with E-state index in [1.807, 2.05) is 24.9 Å². The van der Waals surface area contributed by atoms with Crippen LogP contribution >= 0.6 is 11.3 Å². The number of H-pyrrole nitrogens is 1. The van der Waals surface area contributed by atoms with Crippen molar-refractivity contribution in [3.63, 3.8) is 0 Å². The summed E-state index contributed by atoms with van der Waals surface area (Å²) in [5.74, 6) is -4.04. The number of amides is 2. The van der Waals surface area contributed by atoms with Crippen molar-refractivity contribution < 1.29 is 53.5 Å². The number of ether oxygens (including phenoxy) is 2. The summed E-state index contributed by atoms with van der Waals surface area (Å²) < 4.78 is 24.9. The Morgan fingerprint density at radius 2 is 1.84 bits per heavy atom. The Morgan fingerprint density at radius 3 is 2.49 bits per heavy atom. The molecule has 3 aromatic heterocycles.